The summed E-state index contributed by atoms with van der Waals surface area (Å²) in [5, 5.41) is 3.92. The zero-order valence-electron chi connectivity index (χ0n) is 10.7. The minimum absolute atomic E-state index is 0.00235. The van der Waals surface area contributed by atoms with Gasteiger partial charge in [-0.25, -0.2) is 0 Å². The van der Waals surface area contributed by atoms with Crippen LogP contribution in [-0.4, -0.2) is 42.1 Å². The van der Waals surface area contributed by atoms with Crippen LogP contribution in [0.15, 0.2) is 23.1 Å². The Morgan fingerprint density at radius 3 is 2.95 bits per heavy atom. The number of benzene rings is 1. The number of halogens is 2. The summed E-state index contributed by atoms with van der Waals surface area (Å²) < 4.78 is 0. The van der Waals surface area contributed by atoms with Crippen LogP contribution in [0.5, 0.6) is 0 Å². The lowest BCUT2D eigenvalue weighted by atomic mass is 10.4. The smallest absolute Gasteiger partial charge is 0.233 e. The van der Waals surface area contributed by atoms with Crippen molar-refractivity contribution in [2.75, 3.05) is 25.4 Å². The van der Waals surface area contributed by atoms with Crippen LogP contribution in [0.1, 0.15) is 6.42 Å². The summed E-state index contributed by atoms with van der Waals surface area (Å²) in [6.07, 6.45) is 0.355. The van der Waals surface area contributed by atoms with Crippen molar-refractivity contribution in [2.24, 2.45) is 0 Å². The van der Waals surface area contributed by atoms with E-state index >= 15 is 0 Å². The zero-order valence-corrected chi connectivity index (χ0v) is 13.0. The van der Waals surface area contributed by atoms with Crippen molar-refractivity contribution in [1.82, 2.24) is 10.2 Å². The Labute approximate surface area is 131 Å². The molecule has 1 saturated heterocycles. The predicted octanol–water partition coefficient (Wildman–Crippen LogP) is 2.43. The third-order valence-electron chi connectivity index (χ3n) is 2.91. The first-order chi connectivity index (χ1) is 9.56. The van der Waals surface area contributed by atoms with Gasteiger partial charge in [0.2, 0.25) is 11.8 Å². The molecule has 0 saturated carbocycles. The second kappa shape index (κ2) is 7.20. The fourth-order valence-electron chi connectivity index (χ4n) is 1.83. The number of rotatable bonds is 3. The van der Waals surface area contributed by atoms with Crippen LogP contribution in [0, 0.1) is 0 Å². The molecule has 1 aromatic carbocycles. The van der Waals surface area contributed by atoms with Crippen molar-refractivity contribution < 1.29 is 9.59 Å². The highest BCUT2D eigenvalue weighted by molar-refractivity contribution is 8.00. The summed E-state index contributed by atoms with van der Waals surface area (Å²) >= 11 is 13.3. The van der Waals surface area contributed by atoms with Crippen LogP contribution in [-0.2, 0) is 9.59 Å². The SMILES string of the molecule is O=C1CCN(C(=O)CSc2cc(Cl)ccc2Cl)CCN1. The van der Waals surface area contributed by atoms with E-state index in [9.17, 15) is 9.59 Å². The minimum Gasteiger partial charge on any atom is -0.354 e. The van der Waals surface area contributed by atoms with E-state index in [4.69, 9.17) is 23.2 Å². The lowest BCUT2D eigenvalue weighted by Gasteiger charge is -2.19. The second-order valence-electron chi connectivity index (χ2n) is 4.34. The summed E-state index contributed by atoms with van der Waals surface area (Å²) in [5.74, 6) is 0.280. The molecular formula is C13H14Cl2N2O2S. The molecule has 1 N–H and O–H groups in total. The van der Waals surface area contributed by atoms with Gasteiger partial charge in [0.15, 0.2) is 0 Å². The third kappa shape index (κ3) is 4.30. The summed E-state index contributed by atoms with van der Waals surface area (Å²) in [4.78, 5) is 25.8. The van der Waals surface area contributed by atoms with Crippen LogP contribution in [0.25, 0.3) is 0 Å². The minimum atomic E-state index is -0.00848. The first-order valence-electron chi connectivity index (χ1n) is 6.18. The van der Waals surface area contributed by atoms with Gasteiger partial charge < -0.3 is 10.2 Å². The van der Waals surface area contributed by atoms with Gasteiger partial charge in [-0.05, 0) is 18.2 Å². The first-order valence-corrected chi connectivity index (χ1v) is 7.93. The van der Waals surface area contributed by atoms with E-state index in [1.165, 1.54) is 11.8 Å². The molecule has 1 heterocycles. The molecule has 1 fully saturated rings. The third-order valence-corrected chi connectivity index (χ3v) is 4.63. The molecule has 0 bridgehead atoms. The molecule has 2 rings (SSSR count). The Hall–Kier alpha value is -0.910. The lowest BCUT2D eigenvalue weighted by molar-refractivity contribution is -0.128. The molecule has 1 aliphatic heterocycles. The fourth-order valence-corrected chi connectivity index (χ4v) is 3.23. The first kappa shape index (κ1) is 15.5. The molecule has 0 unspecified atom stereocenters. The van der Waals surface area contributed by atoms with Crippen molar-refractivity contribution in [2.45, 2.75) is 11.3 Å². The van der Waals surface area contributed by atoms with Gasteiger partial charge in [0.05, 0.1) is 10.8 Å². The largest absolute Gasteiger partial charge is 0.354 e. The van der Waals surface area contributed by atoms with Crippen LogP contribution in [0.3, 0.4) is 0 Å². The zero-order chi connectivity index (χ0) is 14.5. The molecule has 0 spiro atoms. The Balaban J connectivity index is 1.91. The standard InChI is InChI=1S/C13H14Cl2N2O2S/c14-9-1-2-10(15)11(7-9)20-8-13(19)17-5-3-12(18)16-4-6-17/h1-2,7H,3-6,8H2,(H,16,18). The van der Waals surface area contributed by atoms with Gasteiger partial charge in [0, 0.05) is 36.0 Å². The van der Waals surface area contributed by atoms with Crippen LogP contribution < -0.4 is 5.32 Å². The van der Waals surface area contributed by atoms with E-state index in [0.29, 0.717) is 36.1 Å². The highest BCUT2D eigenvalue weighted by atomic mass is 35.5. The Kier molecular flexibility index (Phi) is 5.57. The van der Waals surface area contributed by atoms with Crippen molar-refractivity contribution in [3.63, 3.8) is 0 Å². The molecule has 1 aliphatic rings. The number of carbonyl (C=O) groups is 2. The number of nitrogens with zero attached hydrogens (tertiary/aromatic N) is 1. The van der Waals surface area contributed by atoms with Crippen LogP contribution >= 0.6 is 35.0 Å². The lowest BCUT2D eigenvalue weighted by Crippen LogP contribution is -2.35. The van der Waals surface area contributed by atoms with E-state index in [0.717, 1.165) is 4.90 Å². The van der Waals surface area contributed by atoms with Gasteiger partial charge in [-0.2, -0.15) is 0 Å². The van der Waals surface area contributed by atoms with E-state index in [2.05, 4.69) is 5.32 Å². The van der Waals surface area contributed by atoms with Gasteiger partial charge in [0.1, 0.15) is 0 Å². The number of thioether (sulfide) groups is 1. The quantitative estimate of drug-likeness (QED) is 0.865. The molecule has 7 heteroatoms. The predicted molar refractivity (Wildman–Crippen MR) is 81.4 cm³/mol. The van der Waals surface area contributed by atoms with Crippen molar-refractivity contribution in [3.8, 4) is 0 Å². The van der Waals surface area contributed by atoms with E-state index in [1.807, 2.05) is 0 Å². The number of nitrogens with one attached hydrogen (secondary N) is 1. The topological polar surface area (TPSA) is 49.4 Å². The average Bonchev–Trinajstić information content (AvgIpc) is 2.64. The molecule has 20 heavy (non-hydrogen) atoms. The molecule has 0 aliphatic carbocycles. The molecule has 4 nitrogen and oxygen atoms in total. The van der Waals surface area contributed by atoms with Crippen molar-refractivity contribution in [3.05, 3.63) is 28.2 Å². The molecule has 0 aromatic heterocycles. The second-order valence-corrected chi connectivity index (χ2v) is 6.20. The van der Waals surface area contributed by atoms with Gasteiger partial charge in [-0.15, -0.1) is 11.8 Å². The van der Waals surface area contributed by atoms with Crippen LogP contribution in [0.2, 0.25) is 10.0 Å². The highest BCUT2D eigenvalue weighted by Gasteiger charge is 2.18. The van der Waals surface area contributed by atoms with Gasteiger partial charge >= 0.3 is 0 Å². The molecule has 0 radical (unpaired) electrons. The molecule has 108 valence electrons. The number of hydrogen-bond acceptors (Lipinski definition) is 3. The molecule has 1 aromatic rings. The van der Waals surface area contributed by atoms with Gasteiger partial charge in [-0.3, -0.25) is 9.59 Å². The summed E-state index contributed by atoms with van der Waals surface area (Å²) in [7, 11) is 0. The summed E-state index contributed by atoms with van der Waals surface area (Å²) in [6, 6.07) is 5.17. The average molecular weight is 333 g/mol. The van der Waals surface area contributed by atoms with E-state index < -0.39 is 0 Å². The molecule has 2 amide bonds. The van der Waals surface area contributed by atoms with Gasteiger partial charge in [0.25, 0.3) is 0 Å². The maximum atomic E-state index is 12.1. The van der Waals surface area contributed by atoms with Gasteiger partial charge in [-0.1, -0.05) is 23.2 Å². The van der Waals surface area contributed by atoms with E-state index in [-0.39, 0.29) is 17.6 Å². The fraction of sp³-hybridized carbons (Fsp3) is 0.385. The number of amides is 2. The number of carbonyl (C=O) groups excluding carboxylic acids is 2. The highest BCUT2D eigenvalue weighted by Crippen LogP contribution is 2.29. The van der Waals surface area contributed by atoms with E-state index in [1.54, 1.807) is 23.1 Å². The Morgan fingerprint density at radius 1 is 1.35 bits per heavy atom. The van der Waals surface area contributed by atoms with Crippen molar-refractivity contribution in [1.29, 1.82) is 0 Å². The normalized spacial score (nSPS) is 15.7. The Morgan fingerprint density at radius 2 is 2.15 bits per heavy atom. The number of hydrogen-bond donors (Lipinski definition) is 1. The molecule has 0 atom stereocenters. The maximum Gasteiger partial charge on any atom is 0.233 e. The monoisotopic (exact) mass is 332 g/mol. The summed E-state index contributed by atoms with van der Waals surface area (Å²) in [5.41, 5.74) is 0. The Bertz CT molecular complexity index is 525. The van der Waals surface area contributed by atoms with Crippen LogP contribution in [0.4, 0.5) is 0 Å². The van der Waals surface area contributed by atoms with Crippen molar-refractivity contribution >= 4 is 46.8 Å². The summed E-state index contributed by atoms with van der Waals surface area (Å²) in [6.45, 7) is 1.52. The molecular weight excluding hydrogens is 319 g/mol. The maximum absolute atomic E-state index is 12.1.